The maximum atomic E-state index is 13.7. The Hall–Kier alpha value is -2.53. The lowest BCUT2D eigenvalue weighted by Crippen LogP contribution is -2.39. The molecule has 1 atom stereocenters. The van der Waals surface area contributed by atoms with E-state index in [1.807, 2.05) is 11.3 Å². The van der Waals surface area contributed by atoms with E-state index in [1.165, 1.54) is 46.0 Å². The van der Waals surface area contributed by atoms with Gasteiger partial charge in [0.25, 0.3) is 0 Å². The highest BCUT2D eigenvalue weighted by Crippen LogP contribution is 2.44. The molecule has 0 radical (unpaired) electrons. The molecule has 3 aromatic rings. The van der Waals surface area contributed by atoms with Crippen molar-refractivity contribution in [3.05, 3.63) is 69.4 Å². The lowest BCUT2D eigenvalue weighted by molar-refractivity contribution is 0.161. The third kappa shape index (κ3) is 3.49. The van der Waals surface area contributed by atoms with Crippen molar-refractivity contribution in [2.45, 2.75) is 66.0 Å². The molecule has 0 unspecified atom stereocenters. The fraction of sp³-hybridized carbons (Fsp3) is 0.423. The Morgan fingerprint density at radius 1 is 1.13 bits per heavy atom. The van der Waals surface area contributed by atoms with Crippen LogP contribution in [-0.2, 0) is 19.4 Å². The van der Waals surface area contributed by atoms with Crippen LogP contribution in [0.4, 0.5) is 10.5 Å². The van der Waals surface area contributed by atoms with Gasteiger partial charge >= 0.3 is 6.03 Å². The Kier molecular flexibility index (Phi) is 5.17. The van der Waals surface area contributed by atoms with Gasteiger partial charge in [0.05, 0.1) is 12.6 Å². The fourth-order valence-corrected chi connectivity index (χ4v) is 6.58. The maximum Gasteiger partial charge on any atom is 0.322 e. The van der Waals surface area contributed by atoms with Crippen molar-refractivity contribution in [3.8, 4) is 5.00 Å². The van der Waals surface area contributed by atoms with Crippen molar-refractivity contribution in [1.82, 2.24) is 9.47 Å². The highest BCUT2D eigenvalue weighted by atomic mass is 32.1. The molecule has 1 aliphatic heterocycles. The van der Waals surface area contributed by atoms with Crippen LogP contribution in [0.5, 0.6) is 0 Å². The molecule has 3 heterocycles. The van der Waals surface area contributed by atoms with Crippen molar-refractivity contribution in [2.24, 2.45) is 5.92 Å². The van der Waals surface area contributed by atoms with Gasteiger partial charge in [0.1, 0.15) is 5.00 Å². The lowest BCUT2D eigenvalue weighted by Gasteiger charge is -2.33. The van der Waals surface area contributed by atoms with E-state index in [4.69, 9.17) is 0 Å². The summed E-state index contributed by atoms with van der Waals surface area (Å²) < 4.78 is 2.36. The van der Waals surface area contributed by atoms with Gasteiger partial charge < -0.3 is 14.8 Å². The number of fused-ring (bicyclic) bond motifs is 5. The van der Waals surface area contributed by atoms with Crippen molar-refractivity contribution >= 4 is 23.1 Å². The third-order valence-corrected chi connectivity index (χ3v) is 8.09. The number of nitrogens with zero attached hydrogens (tertiary/aromatic N) is 2. The average molecular weight is 434 g/mol. The summed E-state index contributed by atoms with van der Waals surface area (Å²) in [7, 11) is 0. The van der Waals surface area contributed by atoms with Crippen LogP contribution in [0.15, 0.2) is 36.5 Å². The van der Waals surface area contributed by atoms with Crippen LogP contribution in [-0.4, -0.2) is 15.5 Å². The molecule has 1 aliphatic carbocycles. The number of hydrogen-bond acceptors (Lipinski definition) is 2. The predicted octanol–water partition coefficient (Wildman–Crippen LogP) is 6.78. The number of benzene rings is 1. The predicted molar refractivity (Wildman–Crippen MR) is 128 cm³/mol. The average Bonchev–Trinajstić information content (AvgIpc) is 3.32. The number of carbonyl (C=O) groups excluding carboxylic acids is 1. The molecule has 0 bridgehead atoms. The van der Waals surface area contributed by atoms with Crippen LogP contribution in [0.2, 0.25) is 0 Å². The highest BCUT2D eigenvalue weighted by Gasteiger charge is 2.36. The van der Waals surface area contributed by atoms with Crippen molar-refractivity contribution in [1.29, 1.82) is 0 Å². The molecule has 5 rings (SSSR count). The monoisotopic (exact) mass is 433 g/mol. The summed E-state index contributed by atoms with van der Waals surface area (Å²) in [6.07, 6.45) is 7.01. The van der Waals surface area contributed by atoms with E-state index in [-0.39, 0.29) is 12.1 Å². The molecule has 1 aromatic carbocycles. The zero-order valence-electron chi connectivity index (χ0n) is 18.9. The smallest absolute Gasteiger partial charge is 0.311 e. The Balaban J connectivity index is 1.60. The molecular formula is C26H31N3OS. The number of rotatable bonds is 2. The van der Waals surface area contributed by atoms with Gasteiger partial charge in [-0.05, 0) is 80.3 Å². The molecule has 5 heteroatoms. The number of amides is 2. The number of aromatic nitrogens is 1. The van der Waals surface area contributed by atoms with Gasteiger partial charge in [-0.15, -0.1) is 11.3 Å². The van der Waals surface area contributed by atoms with Gasteiger partial charge in [-0.3, -0.25) is 0 Å². The molecule has 31 heavy (non-hydrogen) atoms. The van der Waals surface area contributed by atoms with Crippen LogP contribution >= 0.6 is 11.3 Å². The number of urea groups is 1. The molecule has 0 spiro atoms. The number of hydrogen-bond donors (Lipinski definition) is 1. The summed E-state index contributed by atoms with van der Waals surface area (Å²) in [5, 5.41) is 4.56. The second kappa shape index (κ2) is 7.86. The first kappa shape index (κ1) is 20.4. The Labute approximate surface area is 188 Å². The maximum absolute atomic E-state index is 13.7. The standard InChI is InChI=1S/C26H31N3OS/c1-16(2)24-22-9-7-13-28(22)25-20(19-8-5-6-10-23(19)31-25)15-29(24)26(30)27-21-14-17(3)11-12-18(21)4/h7,9,11-14,16,24H,5-6,8,10,15H2,1-4H3,(H,27,30)/t24-/m1/s1. The molecule has 0 saturated carbocycles. The van der Waals surface area contributed by atoms with Crippen LogP contribution in [0.3, 0.4) is 0 Å². The van der Waals surface area contributed by atoms with Crippen LogP contribution in [0.1, 0.15) is 65.6 Å². The van der Waals surface area contributed by atoms with Crippen LogP contribution < -0.4 is 5.32 Å². The molecule has 1 N–H and O–H groups in total. The lowest BCUT2D eigenvalue weighted by atomic mass is 9.94. The first-order valence-electron chi connectivity index (χ1n) is 11.4. The number of carbonyl (C=O) groups is 1. The van der Waals surface area contributed by atoms with E-state index in [9.17, 15) is 4.79 Å². The zero-order chi connectivity index (χ0) is 21.7. The Bertz CT molecular complexity index is 1140. The molecular weight excluding hydrogens is 402 g/mol. The van der Waals surface area contributed by atoms with Gasteiger partial charge in [0, 0.05) is 28.0 Å². The van der Waals surface area contributed by atoms with E-state index in [0.29, 0.717) is 12.5 Å². The minimum atomic E-state index is -0.0104. The summed E-state index contributed by atoms with van der Waals surface area (Å²) in [6.45, 7) is 9.22. The zero-order valence-corrected chi connectivity index (χ0v) is 19.7. The molecule has 162 valence electrons. The SMILES string of the molecule is Cc1ccc(C)c(NC(=O)N2Cc3c(sc4c3CCCC4)-n3cccc3[C@H]2C(C)C)c1. The van der Waals surface area contributed by atoms with E-state index in [0.717, 1.165) is 23.2 Å². The van der Waals surface area contributed by atoms with E-state index < -0.39 is 0 Å². The van der Waals surface area contributed by atoms with E-state index >= 15 is 0 Å². The number of nitrogens with one attached hydrogen (secondary N) is 1. The van der Waals surface area contributed by atoms with Crippen LogP contribution in [0.25, 0.3) is 5.00 Å². The summed E-state index contributed by atoms with van der Waals surface area (Å²) in [5.74, 6) is 0.308. The summed E-state index contributed by atoms with van der Waals surface area (Å²) in [6, 6.07) is 10.6. The third-order valence-electron chi connectivity index (χ3n) is 6.75. The van der Waals surface area contributed by atoms with Crippen LogP contribution in [0, 0.1) is 19.8 Å². The first-order valence-corrected chi connectivity index (χ1v) is 12.2. The molecule has 0 fully saturated rings. The summed E-state index contributed by atoms with van der Waals surface area (Å²) >= 11 is 1.94. The molecule has 0 saturated heterocycles. The van der Waals surface area contributed by atoms with Crippen molar-refractivity contribution in [3.63, 3.8) is 0 Å². The Morgan fingerprint density at radius 3 is 2.74 bits per heavy atom. The summed E-state index contributed by atoms with van der Waals surface area (Å²) in [4.78, 5) is 17.3. The van der Waals surface area contributed by atoms with E-state index in [1.54, 1.807) is 0 Å². The van der Waals surface area contributed by atoms with Gasteiger partial charge in [-0.2, -0.15) is 0 Å². The molecule has 2 aromatic heterocycles. The van der Waals surface area contributed by atoms with E-state index in [2.05, 4.69) is 79.0 Å². The minimum absolute atomic E-state index is 0.0104. The quantitative estimate of drug-likeness (QED) is 0.475. The minimum Gasteiger partial charge on any atom is -0.311 e. The van der Waals surface area contributed by atoms with Crippen molar-refractivity contribution < 1.29 is 4.79 Å². The Morgan fingerprint density at radius 2 is 1.94 bits per heavy atom. The molecule has 4 nitrogen and oxygen atoms in total. The number of anilines is 1. The fourth-order valence-electron chi connectivity index (χ4n) is 5.18. The number of aryl methyl sites for hydroxylation is 3. The second-order valence-electron chi connectivity index (χ2n) is 9.36. The highest BCUT2D eigenvalue weighted by molar-refractivity contribution is 7.15. The van der Waals surface area contributed by atoms with Gasteiger partial charge in [-0.1, -0.05) is 26.0 Å². The largest absolute Gasteiger partial charge is 0.322 e. The topological polar surface area (TPSA) is 37.3 Å². The first-order chi connectivity index (χ1) is 14.9. The normalized spacial score (nSPS) is 17.7. The second-order valence-corrected chi connectivity index (χ2v) is 10.4. The number of thiophene rings is 1. The molecule has 2 aliphatic rings. The molecule has 2 amide bonds. The van der Waals surface area contributed by atoms with Gasteiger partial charge in [0.2, 0.25) is 0 Å². The summed E-state index contributed by atoms with van der Waals surface area (Å²) in [5.41, 5.74) is 7.21. The van der Waals surface area contributed by atoms with Crippen molar-refractivity contribution in [2.75, 3.05) is 5.32 Å². The van der Waals surface area contributed by atoms with Gasteiger partial charge in [-0.25, -0.2) is 4.79 Å². The van der Waals surface area contributed by atoms with Gasteiger partial charge in [0.15, 0.2) is 0 Å².